The van der Waals surface area contributed by atoms with E-state index in [4.69, 9.17) is 0 Å². The van der Waals surface area contributed by atoms with Crippen molar-refractivity contribution in [3.63, 3.8) is 0 Å². The van der Waals surface area contributed by atoms with Crippen molar-refractivity contribution in [1.29, 1.82) is 0 Å². The van der Waals surface area contributed by atoms with Crippen molar-refractivity contribution in [2.24, 2.45) is 11.3 Å². The summed E-state index contributed by atoms with van der Waals surface area (Å²) in [4.78, 5) is 39.2. The van der Waals surface area contributed by atoms with Gasteiger partial charge in [0.1, 0.15) is 12.4 Å². The van der Waals surface area contributed by atoms with Gasteiger partial charge in [0.05, 0.1) is 0 Å². The van der Waals surface area contributed by atoms with Crippen LogP contribution >= 0.6 is 0 Å². The van der Waals surface area contributed by atoms with Gasteiger partial charge in [-0.1, -0.05) is 6.07 Å². The Morgan fingerprint density at radius 2 is 1.97 bits per heavy atom. The Hall–Kier alpha value is -2.97. The summed E-state index contributed by atoms with van der Waals surface area (Å²) in [7, 11) is 0. The predicted molar refractivity (Wildman–Crippen MR) is 112 cm³/mol. The Morgan fingerprint density at radius 3 is 2.77 bits per heavy atom. The quantitative estimate of drug-likeness (QED) is 0.766. The first kappa shape index (κ1) is 20.0. The van der Waals surface area contributed by atoms with Crippen molar-refractivity contribution in [3.05, 3.63) is 46.4 Å². The minimum absolute atomic E-state index is 0.0195. The SMILES string of the molecule is O=C(NCC1CC1)c1nnc2n1CCC1(CC2)CCN(C(=O)Cn2ccccc2=O)C1. The van der Waals surface area contributed by atoms with Gasteiger partial charge in [-0.05, 0) is 49.5 Å². The van der Waals surface area contributed by atoms with Crippen LogP contribution in [0.25, 0.3) is 0 Å². The molecule has 1 N–H and O–H groups in total. The molecule has 31 heavy (non-hydrogen) atoms. The topological polar surface area (TPSA) is 102 Å². The normalized spacial score (nSPS) is 22.9. The number of aryl methyl sites for hydroxylation is 1. The van der Waals surface area contributed by atoms with Crippen molar-refractivity contribution in [3.8, 4) is 0 Å². The molecule has 1 saturated heterocycles. The number of rotatable bonds is 5. The van der Waals surface area contributed by atoms with Crippen LogP contribution in [0.5, 0.6) is 0 Å². The lowest BCUT2D eigenvalue weighted by molar-refractivity contribution is -0.131. The van der Waals surface area contributed by atoms with E-state index in [0.29, 0.717) is 37.9 Å². The highest BCUT2D eigenvalue weighted by atomic mass is 16.2. The lowest BCUT2D eigenvalue weighted by Crippen LogP contribution is -2.36. The first-order valence-electron chi connectivity index (χ1n) is 11.2. The molecule has 0 aromatic carbocycles. The largest absolute Gasteiger partial charge is 0.349 e. The number of fused-ring (bicyclic) bond motifs is 1. The number of hydrogen-bond donors (Lipinski definition) is 1. The molecule has 9 nitrogen and oxygen atoms in total. The Labute approximate surface area is 180 Å². The third-order valence-electron chi connectivity index (χ3n) is 7.02. The fraction of sp³-hybridized carbons (Fsp3) is 0.591. The Kier molecular flexibility index (Phi) is 5.11. The summed E-state index contributed by atoms with van der Waals surface area (Å²) in [5.74, 6) is 1.72. The fourth-order valence-corrected chi connectivity index (χ4v) is 4.81. The molecule has 2 aliphatic heterocycles. The predicted octanol–water partition coefficient (Wildman–Crippen LogP) is 0.835. The Balaban J connectivity index is 1.23. The Bertz CT molecular complexity index is 1060. The zero-order chi connectivity index (χ0) is 21.4. The van der Waals surface area contributed by atoms with Crippen LogP contribution < -0.4 is 10.9 Å². The maximum Gasteiger partial charge on any atom is 0.289 e. The van der Waals surface area contributed by atoms with E-state index in [-0.39, 0.29) is 29.3 Å². The van der Waals surface area contributed by atoms with Gasteiger partial charge in [0.25, 0.3) is 11.5 Å². The van der Waals surface area contributed by atoms with Crippen LogP contribution in [0.15, 0.2) is 29.2 Å². The summed E-state index contributed by atoms with van der Waals surface area (Å²) in [5, 5.41) is 11.4. The highest BCUT2D eigenvalue weighted by Gasteiger charge is 2.41. The van der Waals surface area contributed by atoms with Gasteiger partial charge in [0.2, 0.25) is 11.7 Å². The number of nitrogens with one attached hydrogen (secondary N) is 1. The second-order valence-corrected chi connectivity index (χ2v) is 9.23. The average molecular weight is 425 g/mol. The minimum atomic E-state index is -0.162. The summed E-state index contributed by atoms with van der Waals surface area (Å²) in [6, 6.07) is 4.91. The molecule has 2 aromatic rings. The molecule has 1 unspecified atom stereocenters. The van der Waals surface area contributed by atoms with Crippen LogP contribution in [0.2, 0.25) is 0 Å². The number of amides is 2. The van der Waals surface area contributed by atoms with Crippen LogP contribution in [0, 0.1) is 11.3 Å². The van der Waals surface area contributed by atoms with E-state index in [9.17, 15) is 14.4 Å². The lowest BCUT2D eigenvalue weighted by atomic mass is 9.80. The van der Waals surface area contributed by atoms with Crippen LogP contribution in [0.4, 0.5) is 0 Å². The number of pyridine rings is 1. The third-order valence-corrected chi connectivity index (χ3v) is 7.02. The zero-order valence-corrected chi connectivity index (χ0v) is 17.6. The molecule has 5 rings (SSSR count). The molecule has 2 fully saturated rings. The van der Waals surface area contributed by atoms with Crippen LogP contribution in [0.1, 0.15) is 48.5 Å². The van der Waals surface area contributed by atoms with Gasteiger partial charge in [-0.15, -0.1) is 10.2 Å². The molecule has 1 aliphatic carbocycles. The first-order chi connectivity index (χ1) is 15.0. The highest BCUT2D eigenvalue weighted by Crippen LogP contribution is 2.41. The molecule has 3 aliphatic rings. The standard InChI is InChI=1S/C22H28N6O3/c29-18-3-1-2-10-26(18)14-19(30)27-11-8-22(15-27)7-6-17-24-25-20(28(17)12-9-22)21(31)23-13-16-4-5-16/h1-3,10,16H,4-9,11-15H2,(H,23,31). The number of hydrogen-bond acceptors (Lipinski definition) is 5. The smallest absolute Gasteiger partial charge is 0.289 e. The number of likely N-dealkylation sites (tertiary alicyclic amines) is 1. The minimum Gasteiger partial charge on any atom is -0.349 e. The van der Waals surface area contributed by atoms with E-state index < -0.39 is 0 Å². The van der Waals surface area contributed by atoms with Crippen LogP contribution in [-0.2, 0) is 24.3 Å². The van der Waals surface area contributed by atoms with Crippen molar-refractivity contribution in [1.82, 2.24) is 29.5 Å². The summed E-state index contributed by atoms with van der Waals surface area (Å²) >= 11 is 0. The maximum absolute atomic E-state index is 12.8. The van der Waals surface area contributed by atoms with Crippen LogP contribution in [-0.4, -0.2) is 55.7 Å². The second-order valence-electron chi connectivity index (χ2n) is 9.23. The lowest BCUT2D eigenvalue weighted by Gasteiger charge is -2.27. The second kappa shape index (κ2) is 7.94. The summed E-state index contributed by atoms with van der Waals surface area (Å²) in [6.07, 6.45) is 7.52. The molecule has 1 spiro atoms. The maximum atomic E-state index is 12.8. The number of carbonyl (C=O) groups excluding carboxylic acids is 2. The number of nitrogens with zero attached hydrogens (tertiary/aromatic N) is 5. The first-order valence-corrected chi connectivity index (χ1v) is 11.2. The molecule has 2 aromatic heterocycles. The average Bonchev–Trinajstić information content (AvgIpc) is 3.41. The number of aromatic nitrogens is 4. The van der Waals surface area contributed by atoms with Crippen molar-refractivity contribution in [2.75, 3.05) is 19.6 Å². The highest BCUT2D eigenvalue weighted by molar-refractivity contribution is 5.90. The molecule has 0 radical (unpaired) electrons. The van der Waals surface area contributed by atoms with Gasteiger partial charge >= 0.3 is 0 Å². The summed E-state index contributed by atoms with van der Waals surface area (Å²) < 4.78 is 3.42. The zero-order valence-electron chi connectivity index (χ0n) is 17.6. The van der Waals surface area contributed by atoms with Crippen LogP contribution in [0.3, 0.4) is 0 Å². The van der Waals surface area contributed by atoms with Gasteiger partial charge in [0.15, 0.2) is 0 Å². The molecule has 0 bridgehead atoms. The molecule has 164 valence electrons. The number of carbonyl (C=O) groups is 2. The monoisotopic (exact) mass is 424 g/mol. The van der Waals surface area contributed by atoms with Gasteiger partial charge in [-0.2, -0.15) is 0 Å². The molecule has 4 heterocycles. The molecule has 1 atom stereocenters. The van der Waals surface area contributed by atoms with E-state index in [1.54, 1.807) is 18.3 Å². The van der Waals surface area contributed by atoms with E-state index >= 15 is 0 Å². The molecule has 2 amide bonds. The van der Waals surface area contributed by atoms with E-state index in [0.717, 1.165) is 31.5 Å². The van der Waals surface area contributed by atoms with Crippen molar-refractivity contribution < 1.29 is 9.59 Å². The van der Waals surface area contributed by atoms with Gasteiger partial charge in [-0.25, -0.2) is 0 Å². The summed E-state index contributed by atoms with van der Waals surface area (Å²) in [6.45, 7) is 2.87. The van der Waals surface area contributed by atoms with E-state index in [2.05, 4.69) is 15.5 Å². The van der Waals surface area contributed by atoms with Crippen molar-refractivity contribution in [2.45, 2.75) is 51.6 Å². The summed E-state index contributed by atoms with van der Waals surface area (Å²) in [5.41, 5.74) is -0.135. The van der Waals surface area contributed by atoms with Crippen molar-refractivity contribution >= 4 is 11.8 Å². The molecular weight excluding hydrogens is 396 g/mol. The van der Waals surface area contributed by atoms with Gasteiger partial charge in [0, 0.05) is 44.9 Å². The fourth-order valence-electron chi connectivity index (χ4n) is 4.81. The molecule has 9 heteroatoms. The van der Waals surface area contributed by atoms with Gasteiger partial charge < -0.3 is 19.4 Å². The van der Waals surface area contributed by atoms with E-state index in [1.165, 1.54) is 23.5 Å². The Morgan fingerprint density at radius 1 is 1.13 bits per heavy atom. The van der Waals surface area contributed by atoms with E-state index in [1.807, 2.05) is 9.47 Å². The molecule has 1 saturated carbocycles. The third kappa shape index (κ3) is 4.13. The van der Waals surface area contributed by atoms with Gasteiger partial charge in [-0.3, -0.25) is 14.4 Å². The molecular formula is C22H28N6O3.